The average molecular weight is 475 g/mol. The highest BCUT2D eigenvalue weighted by molar-refractivity contribution is 5.87. The molecule has 1 saturated carbocycles. The van der Waals surface area contributed by atoms with Crippen LogP contribution in [0.15, 0.2) is 60.2 Å². The van der Waals surface area contributed by atoms with E-state index in [1.807, 2.05) is 24.3 Å². The quantitative estimate of drug-likeness (QED) is 0.531. The molecule has 2 amide bonds. The number of carboxylic acid groups (broad SMARTS) is 1. The standard InChI is InChI=1S/C28H30N2O5/c31-26(30-20-10-9-19(14-20)27(32)33)13-17-11-18(12-17)15-29-28(34)35-16-25-23-7-3-1-5-21(23)22-6-2-4-8-24(22)25/h1-9,17-18,20,25H,10-16H2,(H,29,34)(H,30,31)(H,32,33). The van der Waals surface area contributed by atoms with Crippen LogP contribution >= 0.6 is 0 Å². The maximum Gasteiger partial charge on any atom is 0.407 e. The zero-order chi connectivity index (χ0) is 24.4. The lowest BCUT2D eigenvalue weighted by Crippen LogP contribution is -2.40. The summed E-state index contributed by atoms with van der Waals surface area (Å²) >= 11 is 0. The van der Waals surface area contributed by atoms with E-state index in [9.17, 15) is 14.4 Å². The van der Waals surface area contributed by atoms with Crippen molar-refractivity contribution < 1.29 is 24.2 Å². The molecular weight excluding hydrogens is 444 g/mol. The number of fused-ring (bicyclic) bond motifs is 3. The number of hydrogen-bond acceptors (Lipinski definition) is 4. The number of benzene rings is 2. The first-order chi connectivity index (χ1) is 17.0. The van der Waals surface area contributed by atoms with Gasteiger partial charge in [0.15, 0.2) is 0 Å². The largest absolute Gasteiger partial charge is 0.478 e. The number of carbonyl (C=O) groups is 3. The summed E-state index contributed by atoms with van der Waals surface area (Å²) in [6.45, 7) is 0.844. The predicted molar refractivity (Wildman–Crippen MR) is 131 cm³/mol. The van der Waals surface area contributed by atoms with Crippen molar-refractivity contribution in [3.63, 3.8) is 0 Å². The number of carbonyl (C=O) groups excluding carboxylic acids is 2. The second kappa shape index (κ2) is 9.94. The molecule has 2 aromatic rings. The molecule has 1 unspecified atom stereocenters. The number of rotatable bonds is 8. The van der Waals surface area contributed by atoms with Gasteiger partial charge >= 0.3 is 12.1 Å². The maximum atomic E-state index is 12.4. The fraction of sp³-hybridized carbons (Fsp3) is 0.393. The third-order valence-electron chi connectivity index (χ3n) is 7.44. The molecule has 0 spiro atoms. The summed E-state index contributed by atoms with van der Waals surface area (Å²) < 4.78 is 5.59. The second-order valence-corrected chi connectivity index (χ2v) is 9.85. The number of carboxylic acids is 1. The molecule has 3 N–H and O–H groups in total. The van der Waals surface area contributed by atoms with Crippen LogP contribution in [0.5, 0.6) is 0 Å². The first-order valence-corrected chi connectivity index (χ1v) is 12.3. The molecule has 3 aliphatic carbocycles. The van der Waals surface area contributed by atoms with Gasteiger partial charge in [0, 0.05) is 30.5 Å². The van der Waals surface area contributed by atoms with Gasteiger partial charge in [-0.25, -0.2) is 9.59 Å². The van der Waals surface area contributed by atoms with Crippen molar-refractivity contribution in [1.82, 2.24) is 10.6 Å². The molecular formula is C28H30N2O5. The first kappa shape index (κ1) is 23.1. The summed E-state index contributed by atoms with van der Waals surface area (Å²) in [5, 5.41) is 14.8. The minimum absolute atomic E-state index is 0.0250. The highest BCUT2D eigenvalue weighted by Crippen LogP contribution is 2.44. The normalized spacial score (nSPS) is 22.4. The molecule has 7 nitrogen and oxygen atoms in total. The molecule has 7 heteroatoms. The van der Waals surface area contributed by atoms with Gasteiger partial charge in [-0.1, -0.05) is 54.6 Å². The van der Waals surface area contributed by atoms with Gasteiger partial charge in [0.25, 0.3) is 0 Å². The Kier molecular flexibility index (Phi) is 6.57. The Bertz CT molecular complexity index is 1120. The van der Waals surface area contributed by atoms with Gasteiger partial charge in [-0.3, -0.25) is 4.79 Å². The summed E-state index contributed by atoms with van der Waals surface area (Å²) in [6, 6.07) is 16.4. The fourth-order valence-electron chi connectivity index (χ4n) is 5.63. The third-order valence-corrected chi connectivity index (χ3v) is 7.44. The smallest absolute Gasteiger partial charge is 0.407 e. The van der Waals surface area contributed by atoms with Crippen molar-refractivity contribution >= 4 is 18.0 Å². The van der Waals surface area contributed by atoms with Crippen molar-refractivity contribution in [2.45, 2.75) is 44.1 Å². The lowest BCUT2D eigenvalue weighted by Gasteiger charge is -2.35. The van der Waals surface area contributed by atoms with Crippen LogP contribution in [0.1, 0.15) is 49.1 Å². The van der Waals surface area contributed by atoms with E-state index >= 15 is 0 Å². The van der Waals surface area contributed by atoms with E-state index in [-0.39, 0.29) is 17.9 Å². The molecule has 0 saturated heterocycles. The van der Waals surface area contributed by atoms with Crippen LogP contribution < -0.4 is 10.6 Å². The van der Waals surface area contributed by atoms with Gasteiger partial charge in [0.1, 0.15) is 6.61 Å². The molecule has 0 aliphatic heterocycles. The van der Waals surface area contributed by atoms with Crippen molar-refractivity contribution in [3.05, 3.63) is 71.3 Å². The maximum absolute atomic E-state index is 12.4. The van der Waals surface area contributed by atoms with E-state index in [0.29, 0.717) is 49.8 Å². The third kappa shape index (κ3) is 5.09. The summed E-state index contributed by atoms with van der Waals surface area (Å²) in [4.78, 5) is 35.6. The van der Waals surface area contributed by atoms with Gasteiger partial charge in [-0.15, -0.1) is 0 Å². The lowest BCUT2D eigenvalue weighted by atomic mass is 9.73. The molecule has 0 heterocycles. The molecule has 1 fully saturated rings. The Balaban J connectivity index is 1.01. The van der Waals surface area contributed by atoms with Crippen LogP contribution in [0.25, 0.3) is 11.1 Å². The number of alkyl carbamates (subject to hydrolysis) is 1. The number of hydrogen-bond donors (Lipinski definition) is 3. The number of amides is 2. The van der Waals surface area contributed by atoms with Crippen LogP contribution in [0, 0.1) is 11.8 Å². The SMILES string of the molecule is O=C(CC1CC(CNC(=O)OCC2c3ccccc3-c3ccccc32)C1)NC1CC=C(C(=O)O)C1. The van der Waals surface area contributed by atoms with Crippen LogP contribution in [0.2, 0.25) is 0 Å². The van der Waals surface area contributed by atoms with E-state index in [4.69, 9.17) is 9.84 Å². The van der Waals surface area contributed by atoms with E-state index in [1.54, 1.807) is 6.08 Å². The topological polar surface area (TPSA) is 105 Å². The molecule has 3 aliphatic rings. The Morgan fingerprint density at radius 2 is 1.60 bits per heavy atom. The van der Waals surface area contributed by atoms with Gasteiger partial charge in [-0.2, -0.15) is 0 Å². The lowest BCUT2D eigenvalue weighted by molar-refractivity contribution is -0.133. The minimum atomic E-state index is -0.910. The van der Waals surface area contributed by atoms with Crippen LogP contribution in [-0.2, 0) is 14.3 Å². The molecule has 2 aromatic carbocycles. The highest BCUT2D eigenvalue weighted by atomic mass is 16.5. The van der Waals surface area contributed by atoms with Gasteiger partial charge in [0.05, 0.1) is 0 Å². The minimum Gasteiger partial charge on any atom is -0.478 e. The van der Waals surface area contributed by atoms with Crippen molar-refractivity contribution in [2.75, 3.05) is 13.2 Å². The van der Waals surface area contributed by atoms with Crippen molar-refractivity contribution in [1.29, 1.82) is 0 Å². The van der Waals surface area contributed by atoms with Gasteiger partial charge in [-0.05, 0) is 59.8 Å². The Morgan fingerprint density at radius 3 is 2.23 bits per heavy atom. The Hall–Kier alpha value is -3.61. The van der Waals surface area contributed by atoms with Crippen molar-refractivity contribution in [2.24, 2.45) is 11.8 Å². The van der Waals surface area contributed by atoms with Crippen LogP contribution in [0.3, 0.4) is 0 Å². The first-order valence-electron chi connectivity index (χ1n) is 12.3. The summed E-state index contributed by atoms with van der Waals surface area (Å²) in [7, 11) is 0. The highest BCUT2D eigenvalue weighted by Gasteiger charge is 2.33. The van der Waals surface area contributed by atoms with Crippen LogP contribution in [-0.4, -0.2) is 42.3 Å². The summed E-state index contributed by atoms with van der Waals surface area (Å²) in [5.41, 5.74) is 5.16. The molecule has 182 valence electrons. The molecule has 1 atom stereocenters. The summed E-state index contributed by atoms with van der Waals surface area (Å²) in [6.07, 6.45) is 4.46. The zero-order valence-electron chi connectivity index (χ0n) is 19.5. The fourth-order valence-corrected chi connectivity index (χ4v) is 5.63. The number of aliphatic carboxylic acids is 1. The molecule has 0 bridgehead atoms. The predicted octanol–water partition coefficient (Wildman–Crippen LogP) is 4.23. The van der Waals surface area contributed by atoms with E-state index in [1.165, 1.54) is 22.3 Å². The Labute approximate surface area is 204 Å². The van der Waals surface area contributed by atoms with E-state index in [0.717, 1.165) is 12.8 Å². The van der Waals surface area contributed by atoms with E-state index < -0.39 is 12.1 Å². The molecule has 5 rings (SSSR count). The Morgan fingerprint density at radius 1 is 0.943 bits per heavy atom. The monoisotopic (exact) mass is 474 g/mol. The zero-order valence-corrected chi connectivity index (χ0v) is 19.5. The van der Waals surface area contributed by atoms with Crippen LogP contribution in [0.4, 0.5) is 4.79 Å². The number of ether oxygens (including phenoxy) is 1. The molecule has 35 heavy (non-hydrogen) atoms. The number of nitrogens with one attached hydrogen (secondary N) is 2. The average Bonchev–Trinajstić information content (AvgIpc) is 3.42. The van der Waals surface area contributed by atoms with Crippen molar-refractivity contribution in [3.8, 4) is 11.1 Å². The molecule has 0 aromatic heterocycles. The second-order valence-electron chi connectivity index (χ2n) is 9.85. The summed E-state index contributed by atoms with van der Waals surface area (Å²) in [5.74, 6) is -0.241. The van der Waals surface area contributed by atoms with Gasteiger partial charge < -0.3 is 20.5 Å². The van der Waals surface area contributed by atoms with Gasteiger partial charge in [0.2, 0.25) is 5.91 Å². The molecule has 0 radical (unpaired) electrons. The van der Waals surface area contributed by atoms with E-state index in [2.05, 4.69) is 34.9 Å².